The summed E-state index contributed by atoms with van der Waals surface area (Å²) in [6.45, 7) is 1.79. The summed E-state index contributed by atoms with van der Waals surface area (Å²) in [5.41, 5.74) is 0.545. The minimum atomic E-state index is -0.438. The molecule has 136 valence electrons. The highest BCUT2D eigenvalue weighted by atomic mass is 35.5. The molecular weight excluding hydrogens is 377 g/mol. The van der Waals surface area contributed by atoms with Crippen LogP contribution in [0.4, 0.5) is 0 Å². The fourth-order valence-corrected chi connectivity index (χ4v) is 3.48. The summed E-state index contributed by atoms with van der Waals surface area (Å²) in [5, 5.41) is 4.90. The van der Waals surface area contributed by atoms with Gasteiger partial charge < -0.3 is 0 Å². The molecule has 0 radical (unpaired) electrons. The van der Waals surface area contributed by atoms with Gasteiger partial charge in [0.05, 0.1) is 12.1 Å². The summed E-state index contributed by atoms with van der Waals surface area (Å²) in [4.78, 5) is 37.4. The molecular formula is C18H17Cl2N3O3. The molecule has 0 amide bonds. The Morgan fingerprint density at radius 2 is 1.96 bits per heavy atom. The Hall–Kier alpha value is -2.18. The SMILES string of the molecule is Cc1nn(Cc2cc(Cl)ccc2C(=O)C2=C(Cl)CCCC2=O)c(=O)n1C. The van der Waals surface area contributed by atoms with Crippen LogP contribution in [0.25, 0.3) is 0 Å². The molecule has 26 heavy (non-hydrogen) atoms. The number of halogens is 2. The summed E-state index contributed by atoms with van der Waals surface area (Å²) in [7, 11) is 1.62. The van der Waals surface area contributed by atoms with Crippen LogP contribution >= 0.6 is 23.2 Å². The van der Waals surface area contributed by atoms with Crippen LogP contribution in [-0.2, 0) is 18.4 Å². The minimum Gasteiger partial charge on any atom is -0.294 e. The Morgan fingerprint density at radius 1 is 1.23 bits per heavy atom. The van der Waals surface area contributed by atoms with Gasteiger partial charge in [0.15, 0.2) is 11.6 Å². The number of benzene rings is 1. The van der Waals surface area contributed by atoms with Crippen LogP contribution in [0.1, 0.15) is 41.0 Å². The quantitative estimate of drug-likeness (QED) is 0.590. The number of aromatic nitrogens is 3. The van der Waals surface area contributed by atoms with Gasteiger partial charge in [0.1, 0.15) is 5.82 Å². The lowest BCUT2D eigenvalue weighted by molar-refractivity contribution is -0.115. The highest BCUT2D eigenvalue weighted by Gasteiger charge is 2.28. The molecule has 1 aliphatic carbocycles. The number of allylic oxidation sites excluding steroid dienone is 2. The van der Waals surface area contributed by atoms with E-state index in [1.807, 2.05) is 0 Å². The number of hydrogen-bond donors (Lipinski definition) is 0. The lowest BCUT2D eigenvalue weighted by Gasteiger charge is -2.16. The lowest BCUT2D eigenvalue weighted by Crippen LogP contribution is -2.25. The number of rotatable bonds is 4. The second kappa shape index (κ2) is 7.21. The molecule has 2 aromatic rings. The van der Waals surface area contributed by atoms with E-state index in [1.165, 1.54) is 9.25 Å². The third-order valence-corrected chi connectivity index (χ3v) is 5.08. The van der Waals surface area contributed by atoms with Crippen molar-refractivity contribution in [2.24, 2.45) is 7.05 Å². The number of carbonyl (C=O) groups is 2. The summed E-state index contributed by atoms with van der Waals surface area (Å²) in [6.07, 6.45) is 1.46. The maximum absolute atomic E-state index is 13.0. The van der Waals surface area contributed by atoms with Gasteiger partial charge in [-0.15, -0.1) is 0 Å². The van der Waals surface area contributed by atoms with E-state index in [0.29, 0.717) is 41.2 Å². The first-order valence-electron chi connectivity index (χ1n) is 8.15. The first-order valence-corrected chi connectivity index (χ1v) is 8.90. The summed E-state index contributed by atoms with van der Waals surface area (Å²) in [6, 6.07) is 4.74. The third kappa shape index (κ3) is 3.39. The van der Waals surface area contributed by atoms with Gasteiger partial charge in [0.2, 0.25) is 0 Å². The third-order valence-electron chi connectivity index (χ3n) is 4.47. The van der Waals surface area contributed by atoms with Crippen LogP contribution in [-0.4, -0.2) is 25.9 Å². The molecule has 0 bridgehead atoms. The van der Waals surface area contributed by atoms with E-state index in [9.17, 15) is 14.4 Å². The second-order valence-corrected chi connectivity index (χ2v) is 7.13. The number of carbonyl (C=O) groups excluding carboxylic acids is 2. The number of Topliss-reactive ketones (excluding diaryl/α,β-unsaturated/α-hetero) is 2. The van der Waals surface area contributed by atoms with E-state index < -0.39 is 5.78 Å². The lowest BCUT2D eigenvalue weighted by atomic mass is 9.90. The van der Waals surface area contributed by atoms with E-state index in [1.54, 1.807) is 32.2 Å². The van der Waals surface area contributed by atoms with Crippen molar-refractivity contribution in [2.75, 3.05) is 0 Å². The standard InChI is InChI=1S/C18H17Cl2N3O3/c1-10-21-23(18(26)22(10)2)9-11-8-12(19)6-7-13(11)17(25)16-14(20)4-3-5-15(16)24/h6-8H,3-5,9H2,1-2H3. The normalized spacial score (nSPS) is 14.8. The van der Waals surface area contributed by atoms with Crippen molar-refractivity contribution in [3.63, 3.8) is 0 Å². The van der Waals surface area contributed by atoms with E-state index in [4.69, 9.17) is 23.2 Å². The zero-order chi connectivity index (χ0) is 19.0. The predicted molar refractivity (Wildman–Crippen MR) is 98.8 cm³/mol. The molecule has 1 aromatic carbocycles. The molecule has 0 saturated heterocycles. The molecule has 1 aromatic heterocycles. The average Bonchev–Trinajstić information content (AvgIpc) is 2.82. The second-order valence-electron chi connectivity index (χ2n) is 6.23. The van der Waals surface area contributed by atoms with Gasteiger partial charge in [-0.25, -0.2) is 9.48 Å². The highest BCUT2D eigenvalue weighted by Crippen LogP contribution is 2.29. The van der Waals surface area contributed by atoms with Crippen LogP contribution in [0.5, 0.6) is 0 Å². The fourth-order valence-electron chi connectivity index (χ4n) is 2.96. The maximum atomic E-state index is 13.0. The van der Waals surface area contributed by atoms with Crippen molar-refractivity contribution >= 4 is 34.8 Å². The maximum Gasteiger partial charge on any atom is 0.345 e. The Morgan fingerprint density at radius 3 is 2.58 bits per heavy atom. The Kier molecular flexibility index (Phi) is 5.16. The zero-order valence-corrected chi connectivity index (χ0v) is 15.9. The number of nitrogens with zero attached hydrogens (tertiary/aromatic N) is 3. The van der Waals surface area contributed by atoms with Crippen molar-refractivity contribution in [2.45, 2.75) is 32.7 Å². The van der Waals surface area contributed by atoms with Crippen LogP contribution in [0.2, 0.25) is 5.02 Å². The van der Waals surface area contributed by atoms with Crippen molar-refractivity contribution < 1.29 is 9.59 Å². The van der Waals surface area contributed by atoms with Crippen molar-refractivity contribution in [3.05, 3.63) is 61.3 Å². The Labute approximate surface area is 160 Å². The summed E-state index contributed by atoms with van der Waals surface area (Å²) < 4.78 is 2.67. The molecule has 0 N–H and O–H groups in total. The number of ketones is 2. The van der Waals surface area contributed by atoms with Gasteiger partial charge in [0.25, 0.3) is 0 Å². The van der Waals surface area contributed by atoms with E-state index >= 15 is 0 Å². The highest BCUT2D eigenvalue weighted by molar-refractivity contribution is 6.39. The van der Waals surface area contributed by atoms with Gasteiger partial charge in [-0.2, -0.15) is 5.10 Å². The molecule has 0 atom stereocenters. The van der Waals surface area contributed by atoms with Gasteiger partial charge in [-0.3, -0.25) is 14.2 Å². The average molecular weight is 394 g/mol. The minimum absolute atomic E-state index is 0.0334. The van der Waals surface area contributed by atoms with E-state index in [-0.39, 0.29) is 28.6 Å². The van der Waals surface area contributed by atoms with Crippen LogP contribution in [0.15, 0.2) is 33.6 Å². The molecule has 0 fully saturated rings. The van der Waals surface area contributed by atoms with Crippen molar-refractivity contribution in [1.82, 2.24) is 14.3 Å². The smallest absolute Gasteiger partial charge is 0.294 e. The van der Waals surface area contributed by atoms with Gasteiger partial charge in [-0.05, 0) is 43.5 Å². The molecule has 0 spiro atoms. The first-order chi connectivity index (χ1) is 12.3. The van der Waals surface area contributed by atoms with Gasteiger partial charge in [-0.1, -0.05) is 23.2 Å². The van der Waals surface area contributed by atoms with E-state index in [2.05, 4.69) is 5.10 Å². The summed E-state index contributed by atoms with van der Waals surface area (Å²) >= 11 is 12.2. The van der Waals surface area contributed by atoms with Crippen LogP contribution < -0.4 is 5.69 Å². The largest absolute Gasteiger partial charge is 0.345 e. The molecule has 0 saturated carbocycles. The summed E-state index contributed by atoms with van der Waals surface area (Å²) in [5.74, 6) is -0.136. The first kappa shape index (κ1) is 18.6. The molecule has 8 heteroatoms. The van der Waals surface area contributed by atoms with Crippen molar-refractivity contribution in [1.29, 1.82) is 0 Å². The predicted octanol–water partition coefficient (Wildman–Crippen LogP) is 3.02. The van der Waals surface area contributed by atoms with Gasteiger partial charge in [0, 0.05) is 29.1 Å². The molecule has 6 nitrogen and oxygen atoms in total. The fraction of sp³-hybridized carbons (Fsp3) is 0.333. The van der Waals surface area contributed by atoms with Crippen LogP contribution in [0.3, 0.4) is 0 Å². The molecule has 0 aliphatic heterocycles. The number of hydrogen-bond acceptors (Lipinski definition) is 4. The Bertz CT molecular complexity index is 1000. The van der Waals surface area contributed by atoms with E-state index in [0.717, 1.165) is 0 Å². The van der Waals surface area contributed by atoms with Gasteiger partial charge >= 0.3 is 5.69 Å². The number of aryl methyl sites for hydroxylation is 1. The molecule has 1 heterocycles. The Balaban J connectivity index is 2.06. The monoisotopic (exact) mass is 393 g/mol. The molecule has 1 aliphatic rings. The van der Waals surface area contributed by atoms with Crippen LogP contribution in [0, 0.1) is 6.92 Å². The molecule has 3 rings (SSSR count). The topological polar surface area (TPSA) is 74.0 Å². The zero-order valence-electron chi connectivity index (χ0n) is 14.4. The van der Waals surface area contributed by atoms with Crippen molar-refractivity contribution in [3.8, 4) is 0 Å². The molecule has 0 unspecified atom stereocenters.